The number of piperidine rings is 1. The first-order chi connectivity index (χ1) is 9.24. The summed E-state index contributed by atoms with van der Waals surface area (Å²) < 4.78 is 1.56. The van der Waals surface area contributed by atoms with Crippen LogP contribution in [0.25, 0.3) is 5.52 Å². The Labute approximate surface area is 110 Å². The number of rotatable bonds is 3. The second-order valence-electron chi connectivity index (χ2n) is 5.04. The fourth-order valence-corrected chi connectivity index (χ4v) is 2.64. The molecule has 0 amide bonds. The predicted molar refractivity (Wildman–Crippen MR) is 72.4 cm³/mol. The molecule has 1 aliphatic rings. The van der Waals surface area contributed by atoms with Gasteiger partial charge in [0.25, 0.3) is 5.56 Å². The molecular weight excluding hydrogens is 244 g/mol. The van der Waals surface area contributed by atoms with Crippen molar-refractivity contribution in [3.63, 3.8) is 0 Å². The van der Waals surface area contributed by atoms with E-state index in [0.717, 1.165) is 32.4 Å². The Kier molecular flexibility index (Phi) is 2.98. The maximum Gasteiger partial charge on any atom is 0.290 e. The van der Waals surface area contributed by atoms with Crippen LogP contribution >= 0.6 is 0 Å². The van der Waals surface area contributed by atoms with Crippen molar-refractivity contribution < 1.29 is 0 Å². The van der Waals surface area contributed by atoms with Gasteiger partial charge in [-0.3, -0.25) is 4.79 Å². The summed E-state index contributed by atoms with van der Waals surface area (Å²) in [5.74, 6) is 0.588. The van der Waals surface area contributed by atoms with E-state index in [-0.39, 0.29) is 11.1 Å². The van der Waals surface area contributed by atoms with Crippen molar-refractivity contribution >= 4 is 11.5 Å². The van der Waals surface area contributed by atoms with Crippen molar-refractivity contribution in [1.82, 2.24) is 25.1 Å². The first kappa shape index (κ1) is 12.2. The third-order valence-corrected chi connectivity index (χ3v) is 3.87. The molecule has 3 rings (SSSR count). The fourth-order valence-electron chi connectivity index (χ4n) is 2.64. The van der Waals surface area contributed by atoms with Crippen LogP contribution in [0.1, 0.15) is 26.2 Å². The molecule has 102 valence electrons. The number of nitrogens with zero attached hydrogens (tertiary/aromatic N) is 3. The average molecular weight is 262 g/mol. The van der Waals surface area contributed by atoms with Gasteiger partial charge in [-0.15, -0.1) is 5.10 Å². The number of hydrogen-bond donors (Lipinski definition) is 3. The Hall–Kier alpha value is -1.89. The van der Waals surface area contributed by atoms with Crippen molar-refractivity contribution in [2.24, 2.45) is 0 Å². The van der Waals surface area contributed by atoms with E-state index >= 15 is 0 Å². The minimum absolute atomic E-state index is 0.0254. The molecule has 1 unspecified atom stereocenters. The fraction of sp³-hybridized carbons (Fsp3) is 0.583. The minimum atomic E-state index is -0.227. The molecular formula is C12H18N6O. The molecule has 3 N–H and O–H groups in total. The summed E-state index contributed by atoms with van der Waals surface area (Å²) >= 11 is 0. The van der Waals surface area contributed by atoms with Crippen molar-refractivity contribution in [1.29, 1.82) is 0 Å². The molecule has 1 saturated heterocycles. The number of H-pyrrole nitrogens is 1. The monoisotopic (exact) mass is 262 g/mol. The first-order valence-electron chi connectivity index (χ1n) is 6.65. The number of aromatic amines is 1. The standard InChI is InChI=1S/C12H18N6O/c1-2-12(5-3-6-13-8-12)15-11-17-16-10(19)9-4-7-14-18(9)11/h4,7,13H,2-3,5-6,8H2,1H3,(H,15,17)(H,16,19). The van der Waals surface area contributed by atoms with Crippen molar-refractivity contribution in [2.75, 3.05) is 18.4 Å². The highest BCUT2D eigenvalue weighted by Gasteiger charge is 2.31. The summed E-state index contributed by atoms with van der Waals surface area (Å²) in [7, 11) is 0. The second kappa shape index (κ2) is 4.65. The summed E-state index contributed by atoms with van der Waals surface area (Å²) in [5, 5.41) is 17.6. The molecule has 7 heteroatoms. The van der Waals surface area contributed by atoms with E-state index in [4.69, 9.17) is 0 Å². The van der Waals surface area contributed by atoms with Crippen molar-refractivity contribution in [2.45, 2.75) is 31.7 Å². The smallest absolute Gasteiger partial charge is 0.290 e. The summed E-state index contributed by atoms with van der Waals surface area (Å²) in [5.41, 5.74) is 0.255. The summed E-state index contributed by atoms with van der Waals surface area (Å²) in [6, 6.07) is 1.68. The van der Waals surface area contributed by atoms with Crippen molar-refractivity contribution in [3.05, 3.63) is 22.6 Å². The predicted octanol–water partition coefficient (Wildman–Crippen LogP) is 0.362. The second-order valence-corrected chi connectivity index (χ2v) is 5.04. The number of nitrogens with one attached hydrogen (secondary N) is 3. The van der Waals surface area contributed by atoms with E-state index < -0.39 is 0 Å². The zero-order chi connectivity index (χ0) is 13.3. The van der Waals surface area contributed by atoms with E-state index in [1.54, 1.807) is 16.8 Å². The van der Waals surface area contributed by atoms with Crippen LogP contribution in [0.5, 0.6) is 0 Å². The van der Waals surface area contributed by atoms with E-state index in [1.165, 1.54) is 0 Å². The Morgan fingerprint density at radius 2 is 2.47 bits per heavy atom. The maximum absolute atomic E-state index is 11.6. The summed E-state index contributed by atoms with van der Waals surface area (Å²) in [6.45, 7) is 4.11. The van der Waals surface area contributed by atoms with Gasteiger partial charge in [0.15, 0.2) is 0 Å². The highest BCUT2D eigenvalue weighted by molar-refractivity contribution is 5.48. The Bertz CT molecular complexity index is 624. The van der Waals surface area contributed by atoms with Crippen LogP contribution < -0.4 is 16.2 Å². The number of anilines is 1. The molecule has 3 heterocycles. The topological polar surface area (TPSA) is 87.1 Å². The van der Waals surface area contributed by atoms with E-state index in [2.05, 4.69) is 32.9 Å². The molecule has 0 saturated carbocycles. The average Bonchev–Trinajstić information content (AvgIpc) is 2.94. The molecule has 0 aromatic carbocycles. The Morgan fingerprint density at radius 1 is 1.58 bits per heavy atom. The largest absolute Gasteiger partial charge is 0.346 e. The number of hydrogen-bond acceptors (Lipinski definition) is 5. The van der Waals surface area contributed by atoms with E-state index in [0.29, 0.717) is 11.5 Å². The van der Waals surface area contributed by atoms with Gasteiger partial charge >= 0.3 is 0 Å². The zero-order valence-corrected chi connectivity index (χ0v) is 10.9. The third-order valence-electron chi connectivity index (χ3n) is 3.87. The van der Waals surface area contributed by atoms with Gasteiger partial charge in [-0.2, -0.15) is 9.61 Å². The number of aromatic nitrogens is 4. The molecule has 7 nitrogen and oxygen atoms in total. The van der Waals surface area contributed by atoms with Crippen molar-refractivity contribution in [3.8, 4) is 0 Å². The lowest BCUT2D eigenvalue weighted by Gasteiger charge is -2.37. The van der Waals surface area contributed by atoms with Gasteiger partial charge in [0.05, 0.1) is 11.7 Å². The van der Waals surface area contributed by atoms with Crippen LogP contribution in [0.2, 0.25) is 0 Å². The molecule has 2 aromatic heterocycles. The van der Waals surface area contributed by atoms with Crippen LogP contribution in [0.15, 0.2) is 17.1 Å². The van der Waals surface area contributed by atoms with Gasteiger partial charge in [-0.1, -0.05) is 6.92 Å². The van der Waals surface area contributed by atoms with Gasteiger partial charge in [-0.25, -0.2) is 5.10 Å². The molecule has 0 aliphatic carbocycles. The third kappa shape index (κ3) is 2.10. The lowest BCUT2D eigenvalue weighted by atomic mass is 9.88. The molecule has 1 fully saturated rings. The zero-order valence-electron chi connectivity index (χ0n) is 10.9. The van der Waals surface area contributed by atoms with Crippen LogP contribution in [0.3, 0.4) is 0 Å². The quantitative estimate of drug-likeness (QED) is 0.743. The normalized spacial score (nSPS) is 23.6. The molecule has 19 heavy (non-hydrogen) atoms. The highest BCUT2D eigenvalue weighted by atomic mass is 16.1. The van der Waals surface area contributed by atoms with Crippen LogP contribution in [0.4, 0.5) is 5.95 Å². The maximum atomic E-state index is 11.6. The van der Waals surface area contributed by atoms with Gasteiger partial charge in [0.2, 0.25) is 5.95 Å². The van der Waals surface area contributed by atoms with E-state index in [9.17, 15) is 4.79 Å². The minimum Gasteiger partial charge on any atom is -0.346 e. The Balaban J connectivity index is 1.98. The SMILES string of the molecule is CCC1(Nc2n[nH]c(=O)c3ccnn23)CCCNC1. The van der Waals surface area contributed by atoms with Gasteiger partial charge < -0.3 is 10.6 Å². The van der Waals surface area contributed by atoms with Gasteiger partial charge in [0, 0.05) is 6.54 Å². The first-order valence-corrected chi connectivity index (χ1v) is 6.65. The van der Waals surface area contributed by atoms with Crippen LogP contribution in [-0.4, -0.2) is 38.4 Å². The van der Waals surface area contributed by atoms with Crippen LogP contribution in [0, 0.1) is 0 Å². The van der Waals surface area contributed by atoms with Crippen LogP contribution in [-0.2, 0) is 0 Å². The highest BCUT2D eigenvalue weighted by Crippen LogP contribution is 2.24. The van der Waals surface area contributed by atoms with Gasteiger partial charge in [0.1, 0.15) is 5.52 Å². The molecule has 0 bridgehead atoms. The summed E-state index contributed by atoms with van der Waals surface area (Å²) in [4.78, 5) is 11.6. The molecule has 2 aromatic rings. The molecule has 0 spiro atoms. The molecule has 0 radical (unpaired) electrons. The lowest BCUT2D eigenvalue weighted by Crippen LogP contribution is -2.51. The Morgan fingerprint density at radius 3 is 3.21 bits per heavy atom. The lowest BCUT2D eigenvalue weighted by molar-refractivity contribution is 0.330. The van der Waals surface area contributed by atoms with E-state index in [1.807, 2.05) is 0 Å². The number of fused-ring (bicyclic) bond motifs is 1. The molecule has 1 atom stereocenters. The molecule has 1 aliphatic heterocycles. The van der Waals surface area contributed by atoms with Gasteiger partial charge in [-0.05, 0) is 31.9 Å². The summed E-state index contributed by atoms with van der Waals surface area (Å²) in [6.07, 6.45) is 4.81.